The van der Waals surface area contributed by atoms with Crippen LogP contribution in [0.3, 0.4) is 0 Å². The van der Waals surface area contributed by atoms with Gasteiger partial charge in [-0.15, -0.1) is 0 Å². The Hall–Kier alpha value is -1.54. The number of alkyl halides is 3. The van der Waals surface area contributed by atoms with E-state index in [0.29, 0.717) is 10.6 Å². The Morgan fingerprint density at radius 3 is 2.33 bits per heavy atom. The number of halogens is 3. The molecule has 0 aliphatic carbocycles. The first-order valence-corrected chi connectivity index (χ1v) is 6.83. The smallest absolute Gasteiger partial charge is 0.367 e. The second kappa shape index (κ2) is 5.34. The van der Waals surface area contributed by atoms with Gasteiger partial charge in [-0.3, -0.25) is 9.79 Å². The molecule has 0 bridgehead atoms. The van der Waals surface area contributed by atoms with Crippen molar-refractivity contribution in [3.05, 3.63) is 35.4 Å². The first-order chi connectivity index (χ1) is 9.68. The molecule has 1 aromatic rings. The van der Waals surface area contributed by atoms with Crippen molar-refractivity contribution in [2.75, 3.05) is 7.11 Å². The number of thioether (sulfide) groups is 1. The Morgan fingerprint density at radius 2 is 1.95 bits per heavy atom. The molecule has 0 spiro atoms. The molecule has 1 heterocycles. The van der Waals surface area contributed by atoms with E-state index in [0.717, 1.165) is 23.9 Å². The number of ether oxygens (including phenoxy) is 1. The van der Waals surface area contributed by atoms with E-state index in [4.69, 9.17) is 10.5 Å². The van der Waals surface area contributed by atoms with Crippen LogP contribution < -0.4 is 5.73 Å². The monoisotopic (exact) mass is 318 g/mol. The molecule has 2 rings (SSSR count). The molecule has 2 N–H and O–H groups in total. The Kier molecular flexibility index (Phi) is 4.03. The fourth-order valence-corrected chi connectivity index (χ4v) is 3.10. The normalized spacial score (nSPS) is 25.8. The first kappa shape index (κ1) is 15.8. The van der Waals surface area contributed by atoms with Crippen LogP contribution in [0.5, 0.6) is 0 Å². The minimum atomic E-state index is -4.39. The molecule has 0 aromatic heterocycles. The lowest BCUT2D eigenvalue weighted by atomic mass is 10.0. The predicted octanol–water partition coefficient (Wildman–Crippen LogP) is 2.42. The summed E-state index contributed by atoms with van der Waals surface area (Å²) >= 11 is 1.16. The molecule has 8 heteroatoms. The molecule has 1 unspecified atom stereocenters. The quantitative estimate of drug-likeness (QED) is 0.931. The fourth-order valence-electron chi connectivity index (χ4n) is 1.89. The van der Waals surface area contributed by atoms with Crippen molar-refractivity contribution >= 4 is 22.7 Å². The van der Waals surface area contributed by atoms with Crippen LogP contribution in [0.25, 0.3) is 0 Å². The highest BCUT2D eigenvalue weighted by molar-refractivity contribution is 8.15. The highest BCUT2D eigenvalue weighted by atomic mass is 32.2. The van der Waals surface area contributed by atoms with Gasteiger partial charge in [0.1, 0.15) is 10.5 Å². The Morgan fingerprint density at radius 1 is 1.38 bits per heavy atom. The average molecular weight is 318 g/mol. The second-order valence-electron chi connectivity index (χ2n) is 4.69. The van der Waals surface area contributed by atoms with E-state index in [-0.39, 0.29) is 0 Å². The van der Waals surface area contributed by atoms with Crippen molar-refractivity contribution in [2.24, 2.45) is 10.7 Å². The van der Waals surface area contributed by atoms with Crippen LogP contribution in [-0.2, 0) is 15.7 Å². The number of amides is 1. The van der Waals surface area contributed by atoms with Gasteiger partial charge in [0, 0.05) is 12.7 Å². The third-order valence-corrected chi connectivity index (χ3v) is 4.60. The third kappa shape index (κ3) is 2.91. The summed E-state index contributed by atoms with van der Waals surface area (Å²) in [7, 11) is 1.42. The molecule has 1 aromatic carbocycles. The van der Waals surface area contributed by atoms with Crippen molar-refractivity contribution in [1.82, 2.24) is 0 Å². The number of nitrogens with zero attached hydrogens (tertiary/aromatic N) is 1. The average Bonchev–Trinajstić information content (AvgIpc) is 2.76. The van der Waals surface area contributed by atoms with Gasteiger partial charge in [0.2, 0.25) is 5.91 Å². The number of carbonyl (C=O) groups is 1. The molecule has 0 saturated carbocycles. The molecular weight excluding hydrogens is 305 g/mol. The Balaban J connectivity index is 2.33. The van der Waals surface area contributed by atoms with Gasteiger partial charge in [0.15, 0.2) is 5.54 Å². The molecule has 21 heavy (non-hydrogen) atoms. The Bertz CT molecular complexity index is 586. The zero-order valence-electron chi connectivity index (χ0n) is 11.3. The van der Waals surface area contributed by atoms with Crippen LogP contribution in [0, 0.1) is 0 Å². The van der Waals surface area contributed by atoms with E-state index in [1.807, 2.05) is 0 Å². The summed E-state index contributed by atoms with van der Waals surface area (Å²) < 4.78 is 42.8. The van der Waals surface area contributed by atoms with Gasteiger partial charge in [-0.25, -0.2) is 0 Å². The third-order valence-electron chi connectivity index (χ3n) is 3.18. The number of methoxy groups -OCH3 is 1. The molecular formula is C13H13F3N2O2S. The van der Waals surface area contributed by atoms with Gasteiger partial charge in [0.25, 0.3) is 0 Å². The van der Waals surface area contributed by atoms with E-state index in [1.54, 1.807) is 0 Å². The lowest BCUT2D eigenvalue weighted by Crippen LogP contribution is -2.46. The van der Waals surface area contributed by atoms with Gasteiger partial charge in [0.05, 0.1) is 5.56 Å². The van der Waals surface area contributed by atoms with Crippen molar-refractivity contribution in [3.63, 3.8) is 0 Å². The standard InChI is InChI=1S/C13H13F3N2O2S/c1-12(10(17)19)11(20-2)21-9(18-12)7-3-5-8(6-4-7)13(14,15)16/h3-6,11H,1-2H3,(H2,17,19)/t11?,12-/m1/s1. The number of benzene rings is 1. The van der Waals surface area contributed by atoms with Crippen LogP contribution in [0.15, 0.2) is 29.3 Å². The van der Waals surface area contributed by atoms with Crippen LogP contribution >= 0.6 is 11.8 Å². The Labute approximate surface area is 123 Å². The maximum Gasteiger partial charge on any atom is 0.416 e. The van der Waals surface area contributed by atoms with E-state index in [2.05, 4.69) is 4.99 Å². The lowest BCUT2D eigenvalue weighted by molar-refractivity contribution is -0.137. The SMILES string of the molecule is COC1SC(c2ccc(C(F)(F)F)cc2)=N[C@]1(C)C(N)=O. The summed E-state index contributed by atoms with van der Waals surface area (Å²) in [4.78, 5) is 15.8. The molecule has 114 valence electrons. The number of carbonyl (C=O) groups excluding carboxylic acids is 1. The van der Waals surface area contributed by atoms with Gasteiger partial charge in [-0.2, -0.15) is 13.2 Å². The number of hydrogen-bond acceptors (Lipinski definition) is 4. The molecule has 0 saturated heterocycles. The number of nitrogens with two attached hydrogens (primary N) is 1. The van der Waals surface area contributed by atoms with Crippen LogP contribution in [0.2, 0.25) is 0 Å². The molecule has 0 radical (unpaired) electrons. The van der Waals surface area contributed by atoms with Gasteiger partial charge in [-0.1, -0.05) is 23.9 Å². The van der Waals surface area contributed by atoms with Crippen LogP contribution in [-0.4, -0.2) is 29.0 Å². The molecule has 4 nitrogen and oxygen atoms in total. The molecule has 2 atom stereocenters. The van der Waals surface area contributed by atoms with E-state index in [1.165, 1.54) is 26.2 Å². The van der Waals surface area contributed by atoms with Crippen molar-refractivity contribution in [2.45, 2.75) is 24.1 Å². The van der Waals surface area contributed by atoms with E-state index in [9.17, 15) is 18.0 Å². The van der Waals surface area contributed by atoms with Crippen molar-refractivity contribution in [1.29, 1.82) is 0 Å². The summed E-state index contributed by atoms with van der Waals surface area (Å²) in [6.45, 7) is 1.54. The van der Waals surface area contributed by atoms with Crippen molar-refractivity contribution in [3.8, 4) is 0 Å². The molecule has 0 fully saturated rings. The highest BCUT2D eigenvalue weighted by Gasteiger charge is 2.46. The summed E-state index contributed by atoms with van der Waals surface area (Å²) in [5.41, 5.74) is 3.23. The number of rotatable bonds is 3. The zero-order valence-corrected chi connectivity index (χ0v) is 12.1. The van der Waals surface area contributed by atoms with Crippen LogP contribution in [0.1, 0.15) is 18.1 Å². The molecule has 1 amide bonds. The topological polar surface area (TPSA) is 64.7 Å². The summed E-state index contributed by atoms with van der Waals surface area (Å²) in [5.74, 6) is -0.649. The molecule has 1 aliphatic heterocycles. The van der Waals surface area contributed by atoms with Gasteiger partial charge < -0.3 is 10.5 Å². The first-order valence-electron chi connectivity index (χ1n) is 5.95. The van der Waals surface area contributed by atoms with Crippen molar-refractivity contribution < 1.29 is 22.7 Å². The summed E-state index contributed by atoms with van der Waals surface area (Å²) in [5, 5.41) is 0.428. The number of hydrogen-bond donors (Lipinski definition) is 1. The number of primary amides is 1. The summed E-state index contributed by atoms with van der Waals surface area (Å²) in [6.07, 6.45) is -4.39. The maximum absolute atomic E-state index is 12.5. The lowest BCUT2D eigenvalue weighted by Gasteiger charge is -2.22. The maximum atomic E-state index is 12.5. The molecule has 1 aliphatic rings. The largest absolute Gasteiger partial charge is 0.416 e. The van der Waals surface area contributed by atoms with Gasteiger partial charge >= 0.3 is 6.18 Å². The summed E-state index contributed by atoms with van der Waals surface area (Å²) in [6, 6.07) is 4.57. The highest BCUT2D eigenvalue weighted by Crippen LogP contribution is 2.38. The van der Waals surface area contributed by atoms with E-state index >= 15 is 0 Å². The van der Waals surface area contributed by atoms with Gasteiger partial charge in [-0.05, 0) is 19.1 Å². The minimum Gasteiger partial charge on any atom is -0.367 e. The minimum absolute atomic E-state index is 0.428. The number of aliphatic imine (C=N–C) groups is 1. The predicted molar refractivity (Wildman–Crippen MR) is 74.0 cm³/mol. The van der Waals surface area contributed by atoms with E-state index < -0.39 is 28.6 Å². The fraction of sp³-hybridized carbons (Fsp3) is 0.385. The second-order valence-corrected chi connectivity index (χ2v) is 5.74. The zero-order chi connectivity index (χ0) is 15.8. The van der Waals surface area contributed by atoms with Crippen LogP contribution in [0.4, 0.5) is 13.2 Å².